The summed E-state index contributed by atoms with van der Waals surface area (Å²) in [6, 6.07) is 8.77. The number of carboxylic acid groups (broad SMARTS) is 1. The monoisotopic (exact) mass is 518 g/mol. The van der Waals surface area contributed by atoms with Crippen LogP contribution in [-0.2, 0) is 11.3 Å². The maximum atomic E-state index is 12.5. The van der Waals surface area contributed by atoms with Crippen molar-refractivity contribution < 1.29 is 37.3 Å². The van der Waals surface area contributed by atoms with E-state index in [9.17, 15) is 22.8 Å². The fraction of sp³-hybridized carbons (Fsp3) is 0.364. The van der Waals surface area contributed by atoms with Crippen LogP contribution >= 0.6 is 23.2 Å². The number of benzene rings is 2. The predicted molar refractivity (Wildman–Crippen MR) is 118 cm³/mol. The third-order valence-electron chi connectivity index (χ3n) is 5.85. The van der Waals surface area contributed by atoms with E-state index in [-0.39, 0.29) is 15.6 Å². The summed E-state index contributed by atoms with van der Waals surface area (Å²) >= 11 is 11.9. The van der Waals surface area contributed by atoms with Crippen LogP contribution < -0.4 is 9.64 Å². The van der Waals surface area contributed by atoms with Crippen molar-refractivity contribution in [1.29, 1.82) is 0 Å². The number of carbonyl (C=O) groups is 2. The molecule has 2 aromatic rings. The van der Waals surface area contributed by atoms with Gasteiger partial charge in [0.1, 0.15) is 5.60 Å². The zero-order valence-electron chi connectivity index (χ0n) is 17.6. The number of rotatable bonds is 5. The Hall–Kier alpha value is -2.69. The fourth-order valence-electron chi connectivity index (χ4n) is 4.16. The lowest BCUT2D eigenvalue weighted by Crippen LogP contribution is -2.46. The van der Waals surface area contributed by atoms with Gasteiger partial charge in [0.25, 0.3) is 0 Å². The molecule has 34 heavy (non-hydrogen) atoms. The molecule has 1 amide bonds. The summed E-state index contributed by atoms with van der Waals surface area (Å²) in [6.45, 7) is 1.90. The number of anilines is 1. The molecular formula is C22H19Cl2F3N2O5. The molecule has 0 aromatic heterocycles. The van der Waals surface area contributed by atoms with Gasteiger partial charge >= 0.3 is 18.4 Å². The molecule has 2 fully saturated rings. The number of piperidine rings is 1. The molecule has 2 aliphatic rings. The average Bonchev–Trinajstić information content (AvgIpc) is 3.08. The maximum Gasteiger partial charge on any atom is 0.573 e. The van der Waals surface area contributed by atoms with Gasteiger partial charge in [0.15, 0.2) is 5.75 Å². The quantitative estimate of drug-likeness (QED) is 0.556. The Morgan fingerprint density at radius 1 is 1.12 bits per heavy atom. The molecule has 0 unspecified atom stereocenters. The summed E-state index contributed by atoms with van der Waals surface area (Å²) in [5, 5.41) is 8.57. The number of aromatic carboxylic acids is 1. The molecule has 4 rings (SSSR count). The molecule has 0 atom stereocenters. The number of halogens is 5. The lowest BCUT2D eigenvalue weighted by atomic mass is 9.91. The number of amides is 1. The van der Waals surface area contributed by atoms with Gasteiger partial charge < -0.3 is 14.6 Å². The minimum atomic E-state index is -4.90. The summed E-state index contributed by atoms with van der Waals surface area (Å²) in [5.74, 6) is -1.68. The summed E-state index contributed by atoms with van der Waals surface area (Å²) in [7, 11) is 0. The second-order valence-electron chi connectivity index (χ2n) is 8.20. The number of hydrogen-bond acceptors (Lipinski definition) is 5. The van der Waals surface area contributed by atoms with Gasteiger partial charge in [-0.3, -0.25) is 9.80 Å². The molecule has 2 aromatic carbocycles. The Morgan fingerprint density at radius 3 is 2.24 bits per heavy atom. The van der Waals surface area contributed by atoms with Crippen LogP contribution in [0.4, 0.5) is 23.7 Å². The van der Waals surface area contributed by atoms with Crippen LogP contribution in [-0.4, -0.2) is 53.7 Å². The molecule has 0 bridgehead atoms. The van der Waals surface area contributed by atoms with Gasteiger partial charge in [0.05, 0.1) is 22.2 Å². The summed E-state index contributed by atoms with van der Waals surface area (Å²) in [4.78, 5) is 27.1. The number of carbonyl (C=O) groups excluding carboxylic acids is 1. The average molecular weight is 519 g/mol. The van der Waals surface area contributed by atoms with E-state index in [0.717, 1.165) is 0 Å². The number of carboxylic acids is 1. The highest BCUT2D eigenvalue weighted by Crippen LogP contribution is 2.39. The van der Waals surface area contributed by atoms with Crippen LogP contribution in [0.25, 0.3) is 0 Å². The Morgan fingerprint density at radius 2 is 1.71 bits per heavy atom. The number of hydrogen-bond donors (Lipinski definition) is 1. The fourth-order valence-corrected chi connectivity index (χ4v) is 4.77. The Balaban J connectivity index is 1.38. The van der Waals surface area contributed by atoms with E-state index in [2.05, 4.69) is 9.64 Å². The first-order valence-corrected chi connectivity index (χ1v) is 11.0. The van der Waals surface area contributed by atoms with E-state index in [1.807, 2.05) is 0 Å². The Bertz CT molecular complexity index is 1080. The molecule has 182 valence electrons. The van der Waals surface area contributed by atoms with Gasteiger partial charge in [-0.2, -0.15) is 0 Å². The van der Waals surface area contributed by atoms with Crippen LogP contribution in [0.15, 0.2) is 36.4 Å². The summed E-state index contributed by atoms with van der Waals surface area (Å²) in [5.41, 5.74) is 0.639. The van der Waals surface area contributed by atoms with E-state index < -0.39 is 29.8 Å². The van der Waals surface area contributed by atoms with Gasteiger partial charge in [-0.05, 0) is 42.0 Å². The topological polar surface area (TPSA) is 79.3 Å². The van der Waals surface area contributed by atoms with Gasteiger partial charge in [-0.1, -0.05) is 23.2 Å². The number of likely N-dealkylation sites (tertiary alicyclic amines) is 1. The van der Waals surface area contributed by atoms with Crippen molar-refractivity contribution >= 4 is 41.0 Å². The second-order valence-corrected chi connectivity index (χ2v) is 9.02. The zero-order valence-corrected chi connectivity index (χ0v) is 19.1. The summed E-state index contributed by atoms with van der Waals surface area (Å²) in [6.07, 6.45) is -4.28. The Labute approximate surface area is 202 Å². The molecule has 2 saturated heterocycles. The molecule has 2 heterocycles. The lowest BCUT2D eigenvalue weighted by molar-refractivity contribution is -0.274. The number of ether oxygens (including phenoxy) is 2. The maximum absolute atomic E-state index is 12.5. The highest BCUT2D eigenvalue weighted by molar-refractivity contribution is 6.37. The molecule has 2 aliphatic heterocycles. The van der Waals surface area contributed by atoms with Crippen molar-refractivity contribution in [1.82, 2.24) is 4.90 Å². The molecule has 1 N–H and O–H groups in total. The standard InChI is InChI=1S/C22H19Cl2F3N2O5/c23-16-9-13(10-17(24)18(16)33-22(25,26)27)11-28-7-5-21(6-8-28)12-29(20(32)34-21)15-3-1-14(2-4-15)19(30)31/h1-4,9-10H,5-8,11-12H2,(H,30,31). The lowest BCUT2D eigenvalue weighted by Gasteiger charge is -2.37. The molecule has 1 spiro atoms. The van der Waals surface area contributed by atoms with Crippen molar-refractivity contribution in [2.24, 2.45) is 0 Å². The van der Waals surface area contributed by atoms with Crippen molar-refractivity contribution in [3.8, 4) is 5.75 Å². The van der Waals surface area contributed by atoms with Crippen LogP contribution in [0, 0.1) is 0 Å². The second kappa shape index (κ2) is 9.16. The van der Waals surface area contributed by atoms with Crippen LogP contribution in [0.3, 0.4) is 0 Å². The molecule has 0 aliphatic carbocycles. The molecule has 0 saturated carbocycles. The molecule has 12 heteroatoms. The number of nitrogens with zero attached hydrogens (tertiary/aromatic N) is 2. The van der Waals surface area contributed by atoms with E-state index in [0.29, 0.717) is 50.3 Å². The number of alkyl halides is 3. The van der Waals surface area contributed by atoms with E-state index >= 15 is 0 Å². The highest BCUT2D eigenvalue weighted by atomic mass is 35.5. The van der Waals surface area contributed by atoms with Gasteiger partial charge in [-0.25, -0.2) is 9.59 Å². The van der Waals surface area contributed by atoms with Gasteiger partial charge in [0.2, 0.25) is 0 Å². The molecule has 0 radical (unpaired) electrons. The third kappa shape index (κ3) is 5.34. The van der Waals surface area contributed by atoms with Crippen molar-refractivity contribution in [3.63, 3.8) is 0 Å². The largest absolute Gasteiger partial charge is 0.573 e. The summed E-state index contributed by atoms with van der Waals surface area (Å²) < 4.78 is 47.2. The van der Waals surface area contributed by atoms with Crippen molar-refractivity contribution in [2.75, 3.05) is 24.5 Å². The first-order valence-electron chi connectivity index (χ1n) is 10.2. The first-order chi connectivity index (χ1) is 15.9. The van der Waals surface area contributed by atoms with Crippen LogP contribution in [0.5, 0.6) is 5.75 Å². The normalized spacial score (nSPS) is 18.3. The molecule has 7 nitrogen and oxygen atoms in total. The van der Waals surface area contributed by atoms with Crippen molar-refractivity contribution in [2.45, 2.75) is 31.3 Å². The minimum Gasteiger partial charge on any atom is -0.478 e. The Kier molecular flexibility index (Phi) is 6.58. The minimum absolute atomic E-state index is 0.123. The molecular weight excluding hydrogens is 500 g/mol. The smallest absolute Gasteiger partial charge is 0.478 e. The third-order valence-corrected chi connectivity index (χ3v) is 6.41. The van der Waals surface area contributed by atoms with E-state index in [1.54, 1.807) is 12.1 Å². The highest BCUT2D eigenvalue weighted by Gasteiger charge is 2.47. The SMILES string of the molecule is O=C(O)c1ccc(N2CC3(CCN(Cc4cc(Cl)c(OC(F)(F)F)c(Cl)c4)CC3)OC2=O)cc1. The predicted octanol–water partition coefficient (Wildman–Crippen LogP) is 5.58. The first kappa shape index (κ1) is 24.4. The van der Waals surface area contributed by atoms with Gasteiger partial charge in [0, 0.05) is 38.2 Å². The van der Waals surface area contributed by atoms with Crippen LogP contribution in [0.2, 0.25) is 10.0 Å². The zero-order chi connectivity index (χ0) is 24.7. The van der Waals surface area contributed by atoms with Crippen molar-refractivity contribution in [3.05, 3.63) is 57.6 Å². The van der Waals surface area contributed by atoms with Crippen LogP contribution in [0.1, 0.15) is 28.8 Å². The van der Waals surface area contributed by atoms with E-state index in [1.165, 1.54) is 29.2 Å². The van der Waals surface area contributed by atoms with E-state index in [4.69, 9.17) is 33.0 Å². The van der Waals surface area contributed by atoms with Gasteiger partial charge in [-0.15, -0.1) is 13.2 Å².